The molecular formula is C21H29O6P. The third-order valence-electron chi connectivity index (χ3n) is 3.76. The predicted molar refractivity (Wildman–Crippen MR) is 108 cm³/mol. The number of carbonyl (C=O) groups is 1. The molecule has 6 nitrogen and oxygen atoms in total. The molecule has 1 unspecified atom stereocenters. The molecule has 0 aliphatic carbocycles. The summed E-state index contributed by atoms with van der Waals surface area (Å²) in [4.78, 5) is 11.9. The van der Waals surface area contributed by atoms with Gasteiger partial charge in [-0.1, -0.05) is 30.3 Å². The number of ether oxygens (including phenoxy) is 2. The SMILES string of the molecule is CCOC(=O)/C=C1\CC(c2ccccc2)C=C(P(=O)(OC(C)C)OC(C)C)O1. The molecule has 0 radical (unpaired) electrons. The number of hydrogen-bond donors (Lipinski definition) is 0. The van der Waals surface area contributed by atoms with Gasteiger partial charge in [0.15, 0.2) is 0 Å². The van der Waals surface area contributed by atoms with Gasteiger partial charge < -0.3 is 18.5 Å². The second-order valence-electron chi connectivity index (χ2n) is 7.00. The average molecular weight is 408 g/mol. The third kappa shape index (κ3) is 6.33. The molecule has 0 N–H and O–H groups in total. The maximum absolute atomic E-state index is 13.5. The van der Waals surface area contributed by atoms with Crippen LogP contribution in [0.5, 0.6) is 0 Å². The van der Waals surface area contributed by atoms with Crippen molar-refractivity contribution in [2.45, 2.75) is 59.2 Å². The predicted octanol–water partition coefficient (Wildman–Crippen LogP) is 5.52. The highest BCUT2D eigenvalue weighted by atomic mass is 31.2. The summed E-state index contributed by atoms with van der Waals surface area (Å²) in [7, 11) is -3.72. The van der Waals surface area contributed by atoms with Crippen molar-refractivity contribution in [2.24, 2.45) is 0 Å². The summed E-state index contributed by atoms with van der Waals surface area (Å²) in [5.41, 5.74) is 1.12. The first-order chi connectivity index (χ1) is 13.2. The molecule has 0 saturated heterocycles. The maximum atomic E-state index is 13.5. The molecule has 7 heteroatoms. The van der Waals surface area contributed by atoms with E-state index in [1.807, 2.05) is 30.3 Å². The van der Waals surface area contributed by atoms with Crippen LogP contribution in [0.1, 0.15) is 52.5 Å². The van der Waals surface area contributed by atoms with Crippen molar-refractivity contribution in [1.29, 1.82) is 0 Å². The standard InChI is InChI=1S/C21H29O6P/c1-6-24-20(22)14-19-12-18(17-10-8-7-9-11-17)13-21(25-19)28(23,26-15(2)3)27-16(4)5/h7-11,13-16,18H,6,12H2,1-5H3/b19-14+. The number of rotatable bonds is 8. The fraction of sp³-hybridized carbons (Fsp3) is 0.476. The van der Waals surface area contributed by atoms with Gasteiger partial charge in [-0.05, 0) is 46.3 Å². The lowest BCUT2D eigenvalue weighted by Gasteiger charge is -2.30. The Hall–Kier alpha value is -1.88. The van der Waals surface area contributed by atoms with Crippen LogP contribution in [-0.4, -0.2) is 24.8 Å². The molecule has 2 rings (SSSR count). The highest BCUT2D eigenvalue weighted by Gasteiger charge is 2.39. The van der Waals surface area contributed by atoms with Gasteiger partial charge in [-0.25, -0.2) is 4.79 Å². The van der Waals surface area contributed by atoms with E-state index in [1.54, 1.807) is 40.7 Å². The molecule has 1 atom stereocenters. The smallest absolute Gasteiger partial charge is 0.396 e. The van der Waals surface area contributed by atoms with E-state index < -0.39 is 13.6 Å². The lowest BCUT2D eigenvalue weighted by atomic mass is 9.93. The molecule has 1 aliphatic heterocycles. The van der Waals surface area contributed by atoms with Crippen molar-refractivity contribution in [3.63, 3.8) is 0 Å². The molecule has 154 valence electrons. The summed E-state index contributed by atoms with van der Waals surface area (Å²) in [6, 6.07) is 9.74. The van der Waals surface area contributed by atoms with Gasteiger partial charge >= 0.3 is 13.6 Å². The zero-order valence-electron chi connectivity index (χ0n) is 17.1. The second-order valence-corrected chi connectivity index (χ2v) is 8.85. The summed E-state index contributed by atoms with van der Waals surface area (Å²) in [5.74, 6) is -0.273. The van der Waals surface area contributed by atoms with E-state index in [4.69, 9.17) is 18.5 Å². The molecule has 28 heavy (non-hydrogen) atoms. The Morgan fingerprint density at radius 2 is 1.79 bits per heavy atom. The number of hydrogen-bond acceptors (Lipinski definition) is 6. The van der Waals surface area contributed by atoms with Gasteiger partial charge in [0.1, 0.15) is 5.76 Å². The minimum atomic E-state index is -3.72. The fourth-order valence-corrected chi connectivity index (χ4v) is 4.77. The normalized spacial score (nSPS) is 18.9. The quantitative estimate of drug-likeness (QED) is 0.320. The van der Waals surface area contributed by atoms with E-state index >= 15 is 0 Å². The highest BCUT2D eigenvalue weighted by Crippen LogP contribution is 2.61. The number of allylic oxidation sites excluding steroid dienone is 2. The van der Waals surface area contributed by atoms with Crippen molar-refractivity contribution < 1.29 is 27.9 Å². The van der Waals surface area contributed by atoms with Gasteiger partial charge in [0.05, 0.1) is 24.9 Å². The minimum Gasteiger partial charge on any atom is -0.463 e. The topological polar surface area (TPSA) is 71.1 Å². The fourth-order valence-electron chi connectivity index (χ4n) is 2.81. The largest absolute Gasteiger partial charge is 0.463 e. The van der Waals surface area contributed by atoms with Crippen LogP contribution >= 0.6 is 7.60 Å². The summed E-state index contributed by atoms with van der Waals surface area (Å²) in [6.07, 6.45) is 2.84. The lowest BCUT2D eigenvalue weighted by molar-refractivity contribution is -0.137. The van der Waals surface area contributed by atoms with E-state index in [1.165, 1.54) is 6.08 Å². The minimum absolute atomic E-state index is 0.102. The van der Waals surface area contributed by atoms with E-state index in [9.17, 15) is 9.36 Å². The van der Waals surface area contributed by atoms with Crippen LogP contribution in [0.3, 0.4) is 0 Å². The van der Waals surface area contributed by atoms with Crippen molar-refractivity contribution in [2.75, 3.05) is 6.61 Å². The van der Waals surface area contributed by atoms with Crippen molar-refractivity contribution in [3.8, 4) is 0 Å². The lowest BCUT2D eigenvalue weighted by Crippen LogP contribution is -2.16. The second kappa shape index (κ2) is 10.1. The van der Waals surface area contributed by atoms with E-state index in [2.05, 4.69) is 0 Å². The van der Waals surface area contributed by atoms with Gasteiger partial charge in [-0.3, -0.25) is 4.57 Å². The molecule has 0 saturated carbocycles. The molecule has 0 spiro atoms. The first-order valence-corrected chi connectivity index (χ1v) is 11.1. The average Bonchev–Trinajstić information content (AvgIpc) is 2.61. The maximum Gasteiger partial charge on any atom is 0.396 e. The molecule has 1 aromatic carbocycles. The zero-order valence-corrected chi connectivity index (χ0v) is 18.0. The first kappa shape index (κ1) is 22.4. The Morgan fingerprint density at radius 1 is 1.18 bits per heavy atom. The Bertz CT molecular complexity index is 752. The summed E-state index contributed by atoms with van der Waals surface area (Å²) in [5, 5.41) is 0. The molecule has 1 aliphatic rings. The first-order valence-electron chi connectivity index (χ1n) is 9.52. The molecule has 0 fully saturated rings. The van der Waals surface area contributed by atoms with Gasteiger partial charge in [0.25, 0.3) is 0 Å². The Kier molecular flexibility index (Phi) is 8.05. The Morgan fingerprint density at radius 3 is 2.32 bits per heavy atom. The molecular weight excluding hydrogens is 379 g/mol. The van der Waals surface area contributed by atoms with Gasteiger partial charge in [0.2, 0.25) is 5.50 Å². The summed E-state index contributed by atoms with van der Waals surface area (Å²) < 4.78 is 35.7. The van der Waals surface area contributed by atoms with Crippen LogP contribution in [-0.2, 0) is 27.9 Å². The summed E-state index contributed by atoms with van der Waals surface area (Å²) in [6.45, 7) is 9.12. The number of esters is 1. The molecule has 0 amide bonds. The third-order valence-corrected chi connectivity index (χ3v) is 5.94. The zero-order chi connectivity index (χ0) is 20.7. The summed E-state index contributed by atoms with van der Waals surface area (Å²) >= 11 is 0. The number of carbonyl (C=O) groups excluding carboxylic acids is 1. The van der Waals surface area contributed by atoms with Crippen LogP contribution in [0.2, 0.25) is 0 Å². The molecule has 0 aromatic heterocycles. The van der Waals surface area contributed by atoms with Crippen molar-refractivity contribution in [1.82, 2.24) is 0 Å². The van der Waals surface area contributed by atoms with Crippen LogP contribution < -0.4 is 0 Å². The van der Waals surface area contributed by atoms with Crippen LogP contribution in [0.25, 0.3) is 0 Å². The van der Waals surface area contributed by atoms with Crippen LogP contribution in [0.4, 0.5) is 0 Å². The van der Waals surface area contributed by atoms with Crippen molar-refractivity contribution >= 4 is 13.6 Å². The molecule has 1 heterocycles. The van der Waals surface area contributed by atoms with E-state index in [-0.39, 0.29) is 30.2 Å². The Labute approximate surface area is 167 Å². The van der Waals surface area contributed by atoms with Crippen LogP contribution in [0.15, 0.2) is 53.7 Å². The van der Waals surface area contributed by atoms with Gasteiger partial charge in [-0.15, -0.1) is 0 Å². The molecule has 0 bridgehead atoms. The molecule has 1 aromatic rings. The number of benzene rings is 1. The van der Waals surface area contributed by atoms with Gasteiger partial charge in [-0.2, -0.15) is 0 Å². The van der Waals surface area contributed by atoms with Crippen LogP contribution in [0, 0.1) is 0 Å². The van der Waals surface area contributed by atoms with Crippen molar-refractivity contribution in [3.05, 3.63) is 59.3 Å². The Balaban J connectivity index is 2.46. The van der Waals surface area contributed by atoms with Gasteiger partial charge in [0, 0.05) is 12.3 Å². The highest BCUT2D eigenvalue weighted by molar-refractivity contribution is 7.58. The monoisotopic (exact) mass is 408 g/mol. The van der Waals surface area contributed by atoms with E-state index in [0.29, 0.717) is 12.2 Å². The van der Waals surface area contributed by atoms with E-state index in [0.717, 1.165) is 5.56 Å².